The van der Waals surface area contributed by atoms with E-state index in [2.05, 4.69) is 4.90 Å². The van der Waals surface area contributed by atoms with Gasteiger partial charge in [0.15, 0.2) is 23.0 Å². The SMILES string of the molecule is CC(=O)Oc1cc2c(cc1OC(C)=O)C1=Cc3ccc(OC(C)=O)c(OC(C)=O)c3CN1CC2. The Morgan fingerprint density at radius 2 is 1.35 bits per heavy atom. The highest BCUT2D eigenvalue weighted by atomic mass is 16.6. The molecule has 176 valence electrons. The maximum Gasteiger partial charge on any atom is 0.308 e. The molecule has 0 saturated heterocycles. The van der Waals surface area contributed by atoms with Gasteiger partial charge < -0.3 is 23.8 Å². The van der Waals surface area contributed by atoms with Crippen molar-refractivity contribution in [3.8, 4) is 23.0 Å². The lowest BCUT2D eigenvalue weighted by atomic mass is 9.90. The number of carbonyl (C=O) groups is 4. The number of nitrogens with zero attached hydrogens (tertiary/aromatic N) is 1. The molecule has 2 aromatic rings. The zero-order valence-corrected chi connectivity index (χ0v) is 19.2. The summed E-state index contributed by atoms with van der Waals surface area (Å²) in [5.74, 6) is -1.36. The van der Waals surface area contributed by atoms with E-state index in [1.165, 1.54) is 27.7 Å². The van der Waals surface area contributed by atoms with Gasteiger partial charge in [-0.05, 0) is 41.8 Å². The first-order valence-electron chi connectivity index (χ1n) is 10.7. The van der Waals surface area contributed by atoms with Gasteiger partial charge in [-0.2, -0.15) is 0 Å². The van der Waals surface area contributed by atoms with Gasteiger partial charge in [-0.25, -0.2) is 0 Å². The summed E-state index contributed by atoms with van der Waals surface area (Å²) in [5, 5.41) is 0. The van der Waals surface area contributed by atoms with Crippen molar-refractivity contribution in [3.05, 3.63) is 46.5 Å². The highest BCUT2D eigenvalue weighted by Crippen LogP contribution is 2.45. The van der Waals surface area contributed by atoms with E-state index in [9.17, 15) is 19.2 Å². The van der Waals surface area contributed by atoms with E-state index in [1.807, 2.05) is 6.08 Å². The first kappa shape index (κ1) is 23.0. The Morgan fingerprint density at radius 1 is 0.765 bits per heavy atom. The summed E-state index contributed by atoms with van der Waals surface area (Å²) in [5.41, 5.74) is 4.17. The molecule has 0 amide bonds. The fraction of sp³-hybridized carbons (Fsp3) is 0.280. The van der Waals surface area contributed by atoms with Gasteiger partial charge in [0.1, 0.15) is 0 Å². The van der Waals surface area contributed by atoms with Gasteiger partial charge in [-0.15, -0.1) is 0 Å². The summed E-state index contributed by atoms with van der Waals surface area (Å²) < 4.78 is 21.3. The number of fused-ring (bicyclic) bond motifs is 4. The van der Waals surface area contributed by atoms with Gasteiger partial charge in [0.25, 0.3) is 0 Å². The van der Waals surface area contributed by atoms with Crippen molar-refractivity contribution < 1.29 is 38.1 Å². The molecule has 4 rings (SSSR count). The molecular weight excluding hydrogens is 442 g/mol. The summed E-state index contributed by atoms with van der Waals surface area (Å²) >= 11 is 0. The van der Waals surface area contributed by atoms with Crippen molar-refractivity contribution in [1.29, 1.82) is 0 Å². The number of ether oxygens (including phenoxy) is 4. The van der Waals surface area contributed by atoms with Gasteiger partial charge in [-0.1, -0.05) is 6.07 Å². The Labute approximate surface area is 195 Å². The largest absolute Gasteiger partial charge is 0.423 e. The molecule has 34 heavy (non-hydrogen) atoms. The van der Waals surface area contributed by atoms with Gasteiger partial charge in [0.05, 0.1) is 0 Å². The summed E-state index contributed by atoms with van der Waals surface area (Å²) in [7, 11) is 0. The predicted molar refractivity (Wildman–Crippen MR) is 120 cm³/mol. The second kappa shape index (κ2) is 9.01. The maximum atomic E-state index is 11.7. The van der Waals surface area contributed by atoms with Crippen LogP contribution in [0.5, 0.6) is 23.0 Å². The standard InChI is InChI=1S/C25H23NO8/c1-13(27)31-22-6-5-17-9-21-19-11-24(33-15(3)29)23(32-14(2)28)10-18(19)7-8-26(21)12-20(17)25(22)34-16(4)30/h5-6,9-11H,7-8,12H2,1-4H3. The predicted octanol–water partition coefficient (Wildman–Crippen LogP) is 3.26. The van der Waals surface area contributed by atoms with E-state index >= 15 is 0 Å². The maximum absolute atomic E-state index is 11.7. The Hall–Kier alpha value is -4.14. The second-order valence-electron chi connectivity index (χ2n) is 7.99. The minimum absolute atomic E-state index is 0.154. The fourth-order valence-electron chi connectivity index (χ4n) is 4.14. The molecule has 0 aromatic heterocycles. The van der Waals surface area contributed by atoms with Crippen molar-refractivity contribution in [2.75, 3.05) is 6.54 Å². The van der Waals surface area contributed by atoms with Crippen LogP contribution in [0.25, 0.3) is 11.8 Å². The number of rotatable bonds is 4. The quantitative estimate of drug-likeness (QED) is 0.496. The van der Waals surface area contributed by atoms with E-state index in [-0.39, 0.29) is 23.0 Å². The molecule has 0 N–H and O–H groups in total. The van der Waals surface area contributed by atoms with Crippen molar-refractivity contribution in [2.24, 2.45) is 0 Å². The van der Waals surface area contributed by atoms with E-state index in [0.717, 1.165) is 28.0 Å². The highest BCUT2D eigenvalue weighted by molar-refractivity contribution is 5.88. The van der Waals surface area contributed by atoms with E-state index in [4.69, 9.17) is 18.9 Å². The van der Waals surface area contributed by atoms with Gasteiger partial charge >= 0.3 is 23.9 Å². The average molecular weight is 465 g/mol. The summed E-state index contributed by atoms with van der Waals surface area (Å²) in [6, 6.07) is 6.79. The van der Waals surface area contributed by atoms with E-state index in [1.54, 1.807) is 24.3 Å². The van der Waals surface area contributed by atoms with E-state index < -0.39 is 23.9 Å². The first-order chi connectivity index (χ1) is 16.1. The third-order valence-corrected chi connectivity index (χ3v) is 5.35. The van der Waals surface area contributed by atoms with Crippen molar-refractivity contribution in [3.63, 3.8) is 0 Å². The highest BCUT2D eigenvalue weighted by Gasteiger charge is 2.30. The van der Waals surface area contributed by atoms with Crippen LogP contribution in [0, 0.1) is 0 Å². The fourth-order valence-corrected chi connectivity index (χ4v) is 4.14. The summed E-state index contributed by atoms with van der Waals surface area (Å²) in [4.78, 5) is 48.6. The summed E-state index contributed by atoms with van der Waals surface area (Å²) in [6.07, 6.45) is 2.58. The summed E-state index contributed by atoms with van der Waals surface area (Å²) in [6.45, 7) is 6.17. The molecule has 0 aliphatic carbocycles. The van der Waals surface area contributed by atoms with Crippen LogP contribution < -0.4 is 18.9 Å². The molecule has 0 unspecified atom stereocenters. The number of hydrogen-bond acceptors (Lipinski definition) is 9. The molecule has 9 nitrogen and oxygen atoms in total. The van der Waals surface area contributed by atoms with Gasteiger partial charge in [0, 0.05) is 57.6 Å². The lowest BCUT2D eigenvalue weighted by molar-refractivity contribution is -0.134. The topological polar surface area (TPSA) is 108 Å². The third-order valence-electron chi connectivity index (χ3n) is 5.35. The monoisotopic (exact) mass is 465 g/mol. The molecule has 2 aromatic carbocycles. The second-order valence-corrected chi connectivity index (χ2v) is 7.99. The zero-order valence-electron chi connectivity index (χ0n) is 19.2. The van der Waals surface area contributed by atoms with Crippen LogP contribution in [0.3, 0.4) is 0 Å². The Bertz CT molecular complexity index is 1260. The number of hydrogen-bond donors (Lipinski definition) is 0. The molecule has 2 aliphatic rings. The van der Waals surface area contributed by atoms with Crippen LogP contribution in [0.15, 0.2) is 24.3 Å². The molecule has 0 bridgehead atoms. The van der Waals surface area contributed by atoms with Gasteiger partial charge in [0.2, 0.25) is 0 Å². The van der Waals surface area contributed by atoms with Crippen molar-refractivity contribution in [2.45, 2.75) is 40.7 Å². The van der Waals surface area contributed by atoms with Crippen LogP contribution in [-0.4, -0.2) is 35.3 Å². The van der Waals surface area contributed by atoms with Crippen LogP contribution in [0.4, 0.5) is 0 Å². The van der Waals surface area contributed by atoms with Crippen LogP contribution >= 0.6 is 0 Å². The van der Waals surface area contributed by atoms with Crippen molar-refractivity contribution >= 4 is 35.7 Å². The average Bonchev–Trinajstić information content (AvgIpc) is 2.73. The third kappa shape index (κ3) is 4.63. The van der Waals surface area contributed by atoms with E-state index in [0.29, 0.717) is 19.5 Å². The number of carbonyl (C=O) groups excluding carboxylic acids is 4. The molecule has 0 radical (unpaired) electrons. The molecule has 0 fully saturated rings. The van der Waals surface area contributed by atoms with Gasteiger partial charge in [-0.3, -0.25) is 19.2 Å². The molecule has 2 heterocycles. The number of benzene rings is 2. The molecule has 0 saturated carbocycles. The van der Waals surface area contributed by atoms with Crippen LogP contribution in [0.2, 0.25) is 0 Å². The molecule has 0 spiro atoms. The minimum Gasteiger partial charge on any atom is -0.423 e. The zero-order chi connectivity index (χ0) is 24.6. The Balaban J connectivity index is 1.83. The van der Waals surface area contributed by atoms with Crippen LogP contribution in [-0.2, 0) is 32.1 Å². The normalized spacial score (nSPS) is 13.5. The Morgan fingerprint density at radius 3 is 1.97 bits per heavy atom. The van der Waals surface area contributed by atoms with Crippen molar-refractivity contribution in [1.82, 2.24) is 4.90 Å². The lowest BCUT2D eigenvalue weighted by Crippen LogP contribution is -2.32. The minimum atomic E-state index is -0.534. The molecule has 2 aliphatic heterocycles. The first-order valence-corrected chi connectivity index (χ1v) is 10.7. The van der Waals surface area contributed by atoms with Crippen LogP contribution in [0.1, 0.15) is 49.9 Å². The smallest absolute Gasteiger partial charge is 0.308 e. The number of esters is 4. The molecule has 0 atom stereocenters. The lowest BCUT2D eigenvalue weighted by Gasteiger charge is -2.37. The molecular formula is C25H23NO8. The Kier molecular flexibility index (Phi) is 6.10. The molecule has 9 heteroatoms.